The first kappa shape index (κ1) is 18.6. The fourth-order valence-electron chi connectivity index (χ4n) is 3.56. The zero-order valence-corrected chi connectivity index (χ0v) is 16.8. The highest BCUT2D eigenvalue weighted by Gasteiger charge is 2.15. The second kappa shape index (κ2) is 7.69. The lowest BCUT2D eigenvalue weighted by Crippen LogP contribution is -2.03. The SMILES string of the molecule is CC(C)Cc1ccc(-c2nc3cc(O)ccc3n2Cc2ccccc2Cl)cc1. The van der Waals surface area contributed by atoms with Crippen molar-refractivity contribution in [3.63, 3.8) is 0 Å². The molecule has 4 aromatic rings. The van der Waals surface area contributed by atoms with E-state index < -0.39 is 0 Å². The highest BCUT2D eigenvalue weighted by molar-refractivity contribution is 6.31. The van der Waals surface area contributed by atoms with Crippen LogP contribution in [0.3, 0.4) is 0 Å². The van der Waals surface area contributed by atoms with Crippen LogP contribution in [0.2, 0.25) is 5.02 Å². The molecule has 0 spiro atoms. The molecule has 0 fully saturated rings. The second-order valence-electron chi connectivity index (χ2n) is 7.58. The Kier molecular flexibility index (Phi) is 5.10. The van der Waals surface area contributed by atoms with E-state index in [1.54, 1.807) is 12.1 Å². The molecule has 1 heterocycles. The van der Waals surface area contributed by atoms with Crippen molar-refractivity contribution in [1.29, 1.82) is 0 Å². The minimum absolute atomic E-state index is 0.216. The molecule has 3 aromatic carbocycles. The summed E-state index contributed by atoms with van der Waals surface area (Å²) in [5, 5.41) is 10.6. The monoisotopic (exact) mass is 390 g/mol. The summed E-state index contributed by atoms with van der Waals surface area (Å²) in [5.74, 6) is 1.71. The van der Waals surface area contributed by atoms with Gasteiger partial charge in [0.05, 0.1) is 17.6 Å². The normalized spacial score (nSPS) is 11.4. The van der Waals surface area contributed by atoms with Crippen molar-refractivity contribution in [3.8, 4) is 17.1 Å². The lowest BCUT2D eigenvalue weighted by Gasteiger charge is -2.12. The second-order valence-corrected chi connectivity index (χ2v) is 7.99. The smallest absolute Gasteiger partial charge is 0.141 e. The third-order valence-corrected chi connectivity index (χ3v) is 5.24. The summed E-state index contributed by atoms with van der Waals surface area (Å²) in [6.07, 6.45) is 1.06. The van der Waals surface area contributed by atoms with E-state index in [0.29, 0.717) is 12.5 Å². The molecule has 0 aliphatic rings. The van der Waals surface area contributed by atoms with Gasteiger partial charge in [0.1, 0.15) is 11.6 Å². The molecule has 1 N–H and O–H groups in total. The third-order valence-electron chi connectivity index (χ3n) is 4.87. The van der Waals surface area contributed by atoms with Crippen LogP contribution >= 0.6 is 11.6 Å². The van der Waals surface area contributed by atoms with E-state index in [0.717, 1.165) is 39.4 Å². The Morgan fingerprint density at radius 1 is 1.00 bits per heavy atom. The molecule has 0 unspecified atom stereocenters. The van der Waals surface area contributed by atoms with Crippen molar-refractivity contribution in [1.82, 2.24) is 9.55 Å². The Bertz CT molecular complexity index is 1110. The average molecular weight is 391 g/mol. The molecule has 0 aliphatic heterocycles. The van der Waals surface area contributed by atoms with Gasteiger partial charge in [0.15, 0.2) is 0 Å². The first-order valence-electron chi connectivity index (χ1n) is 9.53. The molecule has 142 valence electrons. The van der Waals surface area contributed by atoms with Crippen LogP contribution in [0, 0.1) is 5.92 Å². The summed E-state index contributed by atoms with van der Waals surface area (Å²) in [5.41, 5.74) is 5.15. The maximum atomic E-state index is 9.88. The number of rotatable bonds is 5. The average Bonchev–Trinajstić information content (AvgIpc) is 3.01. The van der Waals surface area contributed by atoms with E-state index in [1.165, 1.54) is 5.56 Å². The van der Waals surface area contributed by atoms with Crippen molar-refractivity contribution in [3.05, 3.63) is 82.9 Å². The topological polar surface area (TPSA) is 38.1 Å². The molecule has 0 aliphatic carbocycles. The largest absolute Gasteiger partial charge is 0.508 e. The highest BCUT2D eigenvalue weighted by atomic mass is 35.5. The van der Waals surface area contributed by atoms with E-state index in [2.05, 4.69) is 42.7 Å². The van der Waals surface area contributed by atoms with Gasteiger partial charge in [0, 0.05) is 16.7 Å². The van der Waals surface area contributed by atoms with Gasteiger partial charge in [0.25, 0.3) is 0 Å². The van der Waals surface area contributed by atoms with Gasteiger partial charge in [-0.25, -0.2) is 4.98 Å². The molecule has 1 aromatic heterocycles. The lowest BCUT2D eigenvalue weighted by molar-refractivity contribution is 0.476. The number of fused-ring (bicyclic) bond motifs is 1. The van der Waals surface area contributed by atoms with Gasteiger partial charge in [-0.1, -0.05) is 67.9 Å². The number of aromatic nitrogens is 2. The van der Waals surface area contributed by atoms with Crippen molar-refractivity contribution in [2.24, 2.45) is 5.92 Å². The number of aromatic hydroxyl groups is 1. The van der Waals surface area contributed by atoms with Crippen LogP contribution in [0.4, 0.5) is 0 Å². The van der Waals surface area contributed by atoms with Crippen molar-refractivity contribution in [2.45, 2.75) is 26.8 Å². The van der Waals surface area contributed by atoms with E-state index in [-0.39, 0.29) is 5.75 Å². The predicted octanol–water partition coefficient (Wildman–Crippen LogP) is 6.31. The summed E-state index contributed by atoms with van der Waals surface area (Å²) >= 11 is 6.41. The summed E-state index contributed by atoms with van der Waals surface area (Å²) in [7, 11) is 0. The number of halogens is 1. The highest BCUT2D eigenvalue weighted by Crippen LogP contribution is 2.29. The van der Waals surface area contributed by atoms with E-state index in [9.17, 15) is 5.11 Å². The lowest BCUT2D eigenvalue weighted by atomic mass is 10.0. The van der Waals surface area contributed by atoms with Crippen molar-refractivity contribution in [2.75, 3.05) is 0 Å². The van der Waals surface area contributed by atoms with Gasteiger partial charge < -0.3 is 9.67 Å². The van der Waals surface area contributed by atoms with E-state index in [4.69, 9.17) is 16.6 Å². The summed E-state index contributed by atoms with van der Waals surface area (Å²) in [6.45, 7) is 5.07. The molecule has 4 rings (SSSR count). The Morgan fingerprint density at radius 2 is 1.75 bits per heavy atom. The molecule has 0 atom stereocenters. The van der Waals surface area contributed by atoms with Gasteiger partial charge >= 0.3 is 0 Å². The molecule has 0 amide bonds. The maximum Gasteiger partial charge on any atom is 0.141 e. The van der Waals surface area contributed by atoms with Crippen LogP contribution < -0.4 is 0 Å². The van der Waals surface area contributed by atoms with Crippen molar-refractivity contribution < 1.29 is 5.11 Å². The number of phenolic OH excluding ortho intramolecular Hbond substituents is 1. The summed E-state index contributed by atoms with van der Waals surface area (Å²) < 4.78 is 2.16. The number of benzene rings is 3. The maximum absolute atomic E-state index is 9.88. The predicted molar refractivity (Wildman–Crippen MR) is 116 cm³/mol. The van der Waals surface area contributed by atoms with Crippen LogP contribution in [0.1, 0.15) is 25.0 Å². The first-order chi connectivity index (χ1) is 13.5. The number of imidazole rings is 1. The Morgan fingerprint density at radius 3 is 2.46 bits per heavy atom. The zero-order valence-electron chi connectivity index (χ0n) is 16.1. The number of phenols is 1. The summed E-state index contributed by atoms with van der Waals surface area (Å²) in [6, 6.07) is 21.8. The van der Waals surface area contributed by atoms with Crippen LogP contribution in [0.15, 0.2) is 66.7 Å². The molecule has 4 heteroatoms. The van der Waals surface area contributed by atoms with E-state index in [1.807, 2.05) is 30.3 Å². The van der Waals surface area contributed by atoms with Gasteiger partial charge in [-0.2, -0.15) is 0 Å². The van der Waals surface area contributed by atoms with Gasteiger partial charge in [-0.3, -0.25) is 0 Å². The Labute approximate surface area is 170 Å². The van der Waals surface area contributed by atoms with Crippen LogP contribution in [0.5, 0.6) is 5.75 Å². The number of hydrogen-bond donors (Lipinski definition) is 1. The Balaban J connectivity index is 1.82. The van der Waals surface area contributed by atoms with Crippen LogP contribution in [-0.2, 0) is 13.0 Å². The molecule has 0 radical (unpaired) electrons. The quantitative estimate of drug-likeness (QED) is 0.433. The number of hydrogen-bond acceptors (Lipinski definition) is 2. The van der Waals surface area contributed by atoms with Gasteiger partial charge in [-0.05, 0) is 41.7 Å². The van der Waals surface area contributed by atoms with Crippen LogP contribution in [-0.4, -0.2) is 14.7 Å². The van der Waals surface area contributed by atoms with Gasteiger partial charge in [0.2, 0.25) is 0 Å². The molecule has 0 saturated heterocycles. The van der Waals surface area contributed by atoms with Crippen molar-refractivity contribution >= 4 is 22.6 Å². The molecule has 0 saturated carbocycles. The standard InChI is InChI=1S/C24H23ClN2O/c1-16(2)13-17-7-9-18(10-8-17)24-26-22-14-20(28)11-12-23(22)27(24)15-19-5-3-4-6-21(19)25/h3-12,14,16,28H,13,15H2,1-2H3. The molecule has 0 bridgehead atoms. The number of nitrogens with zero attached hydrogens (tertiary/aromatic N) is 2. The summed E-state index contributed by atoms with van der Waals surface area (Å²) in [4.78, 5) is 4.82. The molecule has 28 heavy (non-hydrogen) atoms. The third kappa shape index (κ3) is 3.76. The zero-order chi connectivity index (χ0) is 19.7. The van der Waals surface area contributed by atoms with Gasteiger partial charge in [-0.15, -0.1) is 0 Å². The van der Waals surface area contributed by atoms with E-state index >= 15 is 0 Å². The first-order valence-corrected chi connectivity index (χ1v) is 9.91. The minimum atomic E-state index is 0.216. The molecular weight excluding hydrogens is 368 g/mol. The van der Waals surface area contributed by atoms with Crippen LogP contribution in [0.25, 0.3) is 22.4 Å². The molecule has 3 nitrogen and oxygen atoms in total. The molecular formula is C24H23ClN2O. The minimum Gasteiger partial charge on any atom is -0.508 e. The Hall–Kier alpha value is -2.78. The fourth-order valence-corrected chi connectivity index (χ4v) is 3.75. The fraction of sp³-hybridized carbons (Fsp3) is 0.208.